The van der Waals surface area contributed by atoms with E-state index in [0.29, 0.717) is 21.5 Å². The first-order valence-corrected chi connectivity index (χ1v) is 10.6. The first kappa shape index (κ1) is 19.8. The number of hydrogen-bond acceptors (Lipinski definition) is 6. The molecule has 0 atom stereocenters. The summed E-state index contributed by atoms with van der Waals surface area (Å²) in [6.45, 7) is 0. The van der Waals surface area contributed by atoms with Crippen LogP contribution in [-0.4, -0.2) is 27.6 Å². The minimum atomic E-state index is -3.93. The molecule has 3 rings (SSSR count). The Kier molecular flexibility index (Phi) is 5.81. The normalized spacial score (nSPS) is 11.3. The summed E-state index contributed by atoms with van der Waals surface area (Å²) in [5, 5.41) is 2.76. The van der Waals surface area contributed by atoms with Crippen LogP contribution in [0.3, 0.4) is 0 Å². The molecule has 1 heterocycles. The fraction of sp³-hybridized carbons (Fsp3) is 0.118. The zero-order valence-corrected chi connectivity index (χ0v) is 17.3. The molecule has 0 saturated carbocycles. The molecule has 0 unspecified atom stereocenters. The fourth-order valence-electron chi connectivity index (χ4n) is 2.27. The van der Waals surface area contributed by atoms with Crippen LogP contribution in [-0.2, 0) is 10.0 Å². The maximum atomic E-state index is 12.8. The SMILES string of the molecule is COc1ccc(OC)c(S(=O)(=O)Nc2nc(-c3ccc(Cl)c(Cl)c3)cs2)c1. The van der Waals surface area contributed by atoms with Gasteiger partial charge in [-0.05, 0) is 24.3 Å². The first-order chi connectivity index (χ1) is 12.8. The van der Waals surface area contributed by atoms with E-state index in [0.717, 1.165) is 16.9 Å². The standard InChI is InChI=1S/C17H14Cl2N2O4S2/c1-24-11-4-6-15(25-2)16(8-11)27(22,23)21-17-20-14(9-26-17)10-3-5-12(18)13(19)7-10/h3-9H,1-2H3,(H,20,21). The number of hydrogen-bond donors (Lipinski definition) is 1. The van der Waals surface area contributed by atoms with E-state index >= 15 is 0 Å². The second-order valence-corrected chi connectivity index (χ2v) is 8.61. The molecule has 0 fully saturated rings. The van der Waals surface area contributed by atoms with E-state index in [-0.39, 0.29) is 15.8 Å². The van der Waals surface area contributed by atoms with Gasteiger partial charge in [0, 0.05) is 17.0 Å². The minimum Gasteiger partial charge on any atom is -0.497 e. The smallest absolute Gasteiger partial charge is 0.267 e. The quantitative estimate of drug-likeness (QED) is 0.582. The summed E-state index contributed by atoms with van der Waals surface area (Å²) in [4.78, 5) is 4.27. The lowest BCUT2D eigenvalue weighted by Crippen LogP contribution is -2.14. The van der Waals surface area contributed by atoms with Gasteiger partial charge in [-0.1, -0.05) is 29.3 Å². The first-order valence-electron chi connectivity index (χ1n) is 7.50. The van der Waals surface area contributed by atoms with Gasteiger partial charge in [-0.3, -0.25) is 4.72 Å². The molecule has 3 aromatic rings. The second kappa shape index (κ2) is 7.93. The van der Waals surface area contributed by atoms with Crippen molar-refractivity contribution >= 4 is 49.7 Å². The van der Waals surface area contributed by atoms with Crippen LogP contribution in [0, 0.1) is 0 Å². The molecule has 0 aliphatic rings. The van der Waals surface area contributed by atoms with Crippen molar-refractivity contribution < 1.29 is 17.9 Å². The van der Waals surface area contributed by atoms with Crippen molar-refractivity contribution in [2.45, 2.75) is 4.90 Å². The van der Waals surface area contributed by atoms with Crippen molar-refractivity contribution in [3.05, 3.63) is 51.8 Å². The molecule has 0 bridgehead atoms. The number of ether oxygens (including phenoxy) is 2. The van der Waals surface area contributed by atoms with Crippen LogP contribution in [0.15, 0.2) is 46.7 Å². The number of sulfonamides is 1. The van der Waals surface area contributed by atoms with Gasteiger partial charge in [-0.2, -0.15) is 0 Å². The third-order valence-corrected chi connectivity index (χ3v) is 6.59. The Hall–Kier alpha value is -2.00. The predicted molar refractivity (Wildman–Crippen MR) is 108 cm³/mol. The number of thiazole rings is 1. The van der Waals surface area contributed by atoms with E-state index in [1.54, 1.807) is 29.6 Å². The lowest BCUT2D eigenvalue weighted by molar-refractivity contribution is 0.392. The van der Waals surface area contributed by atoms with Gasteiger partial charge in [0.2, 0.25) is 0 Å². The fourth-order valence-corrected chi connectivity index (χ4v) is 4.73. The van der Waals surface area contributed by atoms with Crippen molar-refractivity contribution in [1.29, 1.82) is 0 Å². The summed E-state index contributed by atoms with van der Waals surface area (Å²) in [5.41, 5.74) is 1.30. The van der Waals surface area contributed by atoms with Crippen molar-refractivity contribution in [3.63, 3.8) is 0 Å². The van der Waals surface area contributed by atoms with E-state index in [1.807, 2.05) is 0 Å². The van der Waals surface area contributed by atoms with Crippen molar-refractivity contribution in [3.8, 4) is 22.8 Å². The number of benzene rings is 2. The van der Waals surface area contributed by atoms with Gasteiger partial charge in [0.25, 0.3) is 10.0 Å². The molecule has 1 aromatic heterocycles. The average Bonchev–Trinajstić information content (AvgIpc) is 3.11. The van der Waals surface area contributed by atoms with E-state index in [4.69, 9.17) is 32.7 Å². The lowest BCUT2D eigenvalue weighted by Gasteiger charge is -2.11. The number of aromatic nitrogens is 1. The maximum absolute atomic E-state index is 12.8. The molecule has 0 radical (unpaired) electrons. The lowest BCUT2D eigenvalue weighted by atomic mass is 10.2. The molecule has 6 nitrogen and oxygen atoms in total. The Labute approximate surface area is 170 Å². The predicted octanol–water partition coefficient (Wildman–Crippen LogP) is 4.93. The van der Waals surface area contributed by atoms with E-state index in [9.17, 15) is 8.42 Å². The molecular weight excluding hydrogens is 431 g/mol. The van der Waals surface area contributed by atoms with Gasteiger partial charge >= 0.3 is 0 Å². The summed E-state index contributed by atoms with van der Waals surface area (Å²) in [7, 11) is -1.08. The molecule has 0 saturated heterocycles. The number of halogens is 2. The monoisotopic (exact) mass is 444 g/mol. The van der Waals surface area contributed by atoms with Crippen LogP contribution in [0.1, 0.15) is 0 Å². The summed E-state index contributed by atoms with van der Waals surface area (Å²) in [5.74, 6) is 0.594. The van der Waals surface area contributed by atoms with Gasteiger partial charge in [-0.15, -0.1) is 11.3 Å². The summed E-state index contributed by atoms with van der Waals surface area (Å²) in [6, 6.07) is 9.60. The van der Waals surface area contributed by atoms with Crippen LogP contribution in [0.25, 0.3) is 11.3 Å². The Morgan fingerprint density at radius 2 is 1.81 bits per heavy atom. The van der Waals surface area contributed by atoms with E-state index in [1.165, 1.54) is 26.4 Å². The van der Waals surface area contributed by atoms with Gasteiger partial charge < -0.3 is 9.47 Å². The zero-order valence-electron chi connectivity index (χ0n) is 14.2. The molecule has 2 aromatic carbocycles. The molecule has 142 valence electrons. The van der Waals surface area contributed by atoms with Crippen LogP contribution >= 0.6 is 34.5 Å². The molecular formula is C17H14Cl2N2O4S2. The van der Waals surface area contributed by atoms with Crippen LogP contribution < -0.4 is 14.2 Å². The van der Waals surface area contributed by atoms with Crippen LogP contribution in [0.5, 0.6) is 11.5 Å². The van der Waals surface area contributed by atoms with Gasteiger partial charge in [0.05, 0.1) is 30.0 Å². The molecule has 1 N–H and O–H groups in total. The zero-order chi connectivity index (χ0) is 19.6. The Morgan fingerprint density at radius 1 is 1.04 bits per heavy atom. The molecule has 0 spiro atoms. The number of methoxy groups -OCH3 is 2. The second-order valence-electron chi connectivity index (χ2n) is 5.29. The summed E-state index contributed by atoms with van der Waals surface area (Å²) >= 11 is 13.1. The Bertz CT molecular complexity index is 1080. The number of nitrogens with one attached hydrogen (secondary N) is 1. The topological polar surface area (TPSA) is 77.5 Å². The molecule has 0 amide bonds. The van der Waals surface area contributed by atoms with Crippen LogP contribution in [0.2, 0.25) is 10.0 Å². The van der Waals surface area contributed by atoms with Gasteiger partial charge in [-0.25, -0.2) is 13.4 Å². The van der Waals surface area contributed by atoms with Gasteiger partial charge in [0.1, 0.15) is 16.4 Å². The number of nitrogens with zero attached hydrogens (tertiary/aromatic N) is 1. The third-order valence-electron chi connectivity index (χ3n) is 3.60. The molecule has 0 aliphatic heterocycles. The minimum absolute atomic E-state index is 0.0457. The van der Waals surface area contributed by atoms with Crippen molar-refractivity contribution in [1.82, 2.24) is 4.98 Å². The molecule has 10 heteroatoms. The molecule has 27 heavy (non-hydrogen) atoms. The highest BCUT2D eigenvalue weighted by Gasteiger charge is 2.22. The van der Waals surface area contributed by atoms with Crippen molar-refractivity contribution in [2.75, 3.05) is 18.9 Å². The number of rotatable bonds is 6. The van der Waals surface area contributed by atoms with Crippen LogP contribution in [0.4, 0.5) is 5.13 Å². The highest BCUT2D eigenvalue weighted by Crippen LogP contribution is 2.33. The van der Waals surface area contributed by atoms with Gasteiger partial charge in [0.15, 0.2) is 5.13 Å². The third kappa shape index (κ3) is 4.30. The summed E-state index contributed by atoms with van der Waals surface area (Å²) < 4.78 is 38.3. The largest absolute Gasteiger partial charge is 0.497 e. The summed E-state index contributed by atoms with van der Waals surface area (Å²) in [6.07, 6.45) is 0. The highest BCUT2D eigenvalue weighted by molar-refractivity contribution is 7.93. The average molecular weight is 445 g/mol. The maximum Gasteiger partial charge on any atom is 0.267 e. The van der Waals surface area contributed by atoms with E-state index < -0.39 is 10.0 Å². The highest BCUT2D eigenvalue weighted by atomic mass is 35.5. The molecule has 0 aliphatic carbocycles. The van der Waals surface area contributed by atoms with Crippen molar-refractivity contribution in [2.24, 2.45) is 0 Å². The Balaban J connectivity index is 1.91. The number of anilines is 1. The van der Waals surface area contributed by atoms with E-state index in [2.05, 4.69) is 9.71 Å². The Morgan fingerprint density at radius 3 is 2.48 bits per heavy atom.